The second-order valence-electron chi connectivity index (χ2n) is 10.9. The molecule has 8 nitrogen and oxygen atoms in total. The van der Waals surface area contributed by atoms with E-state index in [2.05, 4.69) is 22.1 Å². The Morgan fingerprint density at radius 1 is 1.11 bits per heavy atom. The largest absolute Gasteiger partial charge is 0.382 e. The van der Waals surface area contributed by atoms with E-state index in [1.54, 1.807) is 13.3 Å². The number of alkyl halides is 1. The van der Waals surface area contributed by atoms with Crippen LogP contribution in [0.2, 0.25) is 0 Å². The molecule has 0 spiro atoms. The number of hydrogen-bond donors (Lipinski definition) is 1. The van der Waals surface area contributed by atoms with E-state index in [9.17, 15) is 4.79 Å². The number of nitrogens with zero attached hydrogens (tertiary/aromatic N) is 4. The number of methoxy groups -OCH3 is 1. The molecule has 4 fully saturated rings. The maximum Gasteiger partial charge on any atom is 0.258 e. The Morgan fingerprint density at radius 2 is 1.84 bits per heavy atom. The van der Waals surface area contributed by atoms with E-state index < -0.39 is 11.6 Å². The summed E-state index contributed by atoms with van der Waals surface area (Å²) in [4.78, 5) is 26.6. The Kier molecular flexibility index (Phi) is 7.74. The lowest BCUT2D eigenvalue weighted by atomic mass is 9.73. The van der Waals surface area contributed by atoms with Gasteiger partial charge in [0.15, 0.2) is 5.67 Å². The molecule has 0 aliphatic carbocycles. The van der Waals surface area contributed by atoms with Gasteiger partial charge in [-0.25, -0.2) is 14.4 Å². The number of nitrogens with one attached hydrogen (secondary N) is 1. The number of fused-ring (bicyclic) bond motifs is 3. The minimum Gasteiger partial charge on any atom is -0.382 e. The predicted octanol–water partition coefficient (Wildman–Crippen LogP) is 3.22. The van der Waals surface area contributed by atoms with Crippen molar-refractivity contribution in [3.8, 4) is 11.3 Å². The van der Waals surface area contributed by atoms with Gasteiger partial charge in [0.1, 0.15) is 0 Å². The van der Waals surface area contributed by atoms with Crippen LogP contribution in [0.1, 0.15) is 38.2 Å². The summed E-state index contributed by atoms with van der Waals surface area (Å²) in [7, 11) is 1.66. The molecule has 1 unspecified atom stereocenters. The standard InChI is InChI=1S/C28H38FN5O3/c1-27(20-33-13-8-23(27)9-14-33)32-25(35)28(29)10-15-34(16-11-28)26-30-12-7-24(31-26)22-5-3-21(4-6-22)19-37-18-17-36-2/h3-7,12,23H,8-11,13-20H2,1-2H3,(H,32,35). The second kappa shape index (κ2) is 11.0. The van der Waals surface area contributed by atoms with Crippen LogP contribution >= 0.6 is 0 Å². The van der Waals surface area contributed by atoms with Crippen LogP contribution in [0.25, 0.3) is 11.3 Å². The lowest BCUT2D eigenvalue weighted by Gasteiger charge is -2.52. The molecule has 1 atom stereocenters. The summed E-state index contributed by atoms with van der Waals surface area (Å²) in [5.41, 5.74) is 0.667. The van der Waals surface area contributed by atoms with Crippen molar-refractivity contribution in [3.05, 3.63) is 42.1 Å². The number of carbonyl (C=O) groups excluding carboxylic acids is 1. The van der Waals surface area contributed by atoms with Crippen molar-refractivity contribution in [2.45, 2.75) is 50.4 Å². The summed E-state index contributed by atoms with van der Waals surface area (Å²) in [6.45, 7) is 7.52. The van der Waals surface area contributed by atoms with Crippen LogP contribution in [0.4, 0.5) is 10.3 Å². The highest BCUT2D eigenvalue weighted by atomic mass is 19.1. The molecule has 0 saturated carbocycles. The molecule has 5 heterocycles. The fourth-order valence-electron chi connectivity index (χ4n) is 5.89. The fourth-order valence-corrected chi connectivity index (χ4v) is 5.89. The summed E-state index contributed by atoms with van der Waals surface area (Å²) in [5.74, 6) is 0.541. The monoisotopic (exact) mass is 511 g/mol. The molecule has 1 N–H and O–H groups in total. The number of ether oxygens (including phenoxy) is 2. The number of benzene rings is 1. The van der Waals surface area contributed by atoms with Crippen LogP contribution in [0.5, 0.6) is 0 Å². The highest BCUT2D eigenvalue weighted by molar-refractivity contribution is 5.86. The molecular weight excluding hydrogens is 473 g/mol. The van der Waals surface area contributed by atoms with Crippen molar-refractivity contribution >= 4 is 11.9 Å². The zero-order valence-corrected chi connectivity index (χ0v) is 21.9. The normalized spacial score (nSPS) is 26.7. The number of halogens is 1. The minimum absolute atomic E-state index is 0.134. The number of carbonyl (C=O) groups is 1. The van der Waals surface area contributed by atoms with Gasteiger partial charge in [0.25, 0.3) is 5.91 Å². The lowest BCUT2D eigenvalue weighted by Crippen LogP contribution is -2.68. The van der Waals surface area contributed by atoms with Gasteiger partial charge in [-0.2, -0.15) is 0 Å². The summed E-state index contributed by atoms with van der Waals surface area (Å²) in [5, 5.41) is 3.13. The first-order valence-electron chi connectivity index (χ1n) is 13.4. The molecule has 1 aromatic carbocycles. The summed E-state index contributed by atoms with van der Waals surface area (Å²) in [6.07, 6.45) is 4.14. The van der Waals surface area contributed by atoms with E-state index in [0.29, 0.717) is 44.8 Å². The van der Waals surface area contributed by atoms with Crippen LogP contribution in [-0.4, -0.2) is 85.0 Å². The molecule has 4 aliphatic rings. The maximum atomic E-state index is 15.8. The van der Waals surface area contributed by atoms with Gasteiger partial charge >= 0.3 is 0 Å². The molecule has 6 rings (SSSR count). The highest BCUT2D eigenvalue weighted by Gasteiger charge is 2.49. The number of hydrogen-bond acceptors (Lipinski definition) is 7. The van der Waals surface area contributed by atoms with Crippen molar-refractivity contribution < 1.29 is 18.7 Å². The smallest absolute Gasteiger partial charge is 0.258 e. The van der Waals surface area contributed by atoms with Gasteiger partial charge < -0.3 is 24.6 Å². The third-order valence-corrected chi connectivity index (χ3v) is 8.28. The molecule has 1 aromatic heterocycles. The third kappa shape index (κ3) is 5.78. The SMILES string of the molecule is COCCOCc1ccc(-c2ccnc(N3CCC(F)(C(=O)NC4(C)CN5CCC4CC5)CC3)n2)cc1. The van der Waals surface area contributed by atoms with E-state index in [4.69, 9.17) is 14.5 Å². The zero-order chi connectivity index (χ0) is 25.9. The quantitative estimate of drug-likeness (QED) is 0.518. The molecule has 2 bridgehead atoms. The second-order valence-corrected chi connectivity index (χ2v) is 10.9. The molecule has 4 saturated heterocycles. The highest BCUT2D eigenvalue weighted by Crippen LogP contribution is 2.37. The molecule has 37 heavy (non-hydrogen) atoms. The van der Waals surface area contributed by atoms with Crippen molar-refractivity contribution in [2.75, 3.05) is 57.9 Å². The summed E-state index contributed by atoms with van der Waals surface area (Å²) < 4.78 is 26.4. The summed E-state index contributed by atoms with van der Waals surface area (Å²) in [6, 6.07) is 9.96. The lowest BCUT2D eigenvalue weighted by molar-refractivity contribution is -0.139. The van der Waals surface area contributed by atoms with Crippen LogP contribution in [0, 0.1) is 5.92 Å². The van der Waals surface area contributed by atoms with Gasteiger partial charge in [-0.3, -0.25) is 4.79 Å². The Labute approximate surface area is 218 Å². The van der Waals surface area contributed by atoms with Crippen molar-refractivity contribution in [3.63, 3.8) is 0 Å². The van der Waals surface area contributed by atoms with E-state index in [1.165, 1.54) is 0 Å². The van der Waals surface area contributed by atoms with E-state index in [-0.39, 0.29) is 18.4 Å². The average Bonchev–Trinajstić information content (AvgIpc) is 2.92. The first-order chi connectivity index (χ1) is 17.9. The Morgan fingerprint density at radius 3 is 2.49 bits per heavy atom. The topological polar surface area (TPSA) is 79.8 Å². The first kappa shape index (κ1) is 26.0. The average molecular weight is 512 g/mol. The van der Waals surface area contributed by atoms with Gasteiger partial charge in [0.2, 0.25) is 5.95 Å². The molecule has 4 aliphatic heterocycles. The Balaban J connectivity index is 1.18. The van der Waals surface area contributed by atoms with Crippen molar-refractivity contribution in [2.24, 2.45) is 5.92 Å². The third-order valence-electron chi connectivity index (χ3n) is 8.28. The van der Waals surface area contributed by atoms with Crippen LogP contribution in [0.15, 0.2) is 36.5 Å². The molecule has 1 amide bonds. The number of piperidine rings is 4. The molecule has 2 aromatic rings. The predicted molar refractivity (Wildman–Crippen MR) is 140 cm³/mol. The minimum atomic E-state index is -1.86. The zero-order valence-electron chi connectivity index (χ0n) is 21.9. The van der Waals surface area contributed by atoms with Crippen molar-refractivity contribution in [1.82, 2.24) is 20.2 Å². The fraction of sp³-hybridized carbons (Fsp3) is 0.607. The van der Waals surface area contributed by atoms with Crippen LogP contribution < -0.4 is 10.2 Å². The van der Waals surface area contributed by atoms with E-state index in [1.807, 2.05) is 35.2 Å². The van der Waals surface area contributed by atoms with Crippen LogP contribution in [0.3, 0.4) is 0 Å². The van der Waals surface area contributed by atoms with Gasteiger partial charge in [0, 0.05) is 51.3 Å². The summed E-state index contributed by atoms with van der Waals surface area (Å²) >= 11 is 0. The number of aromatic nitrogens is 2. The van der Waals surface area contributed by atoms with E-state index in [0.717, 1.165) is 49.3 Å². The number of amides is 1. The van der Waals surface area contributed by atoms with Gasteiger partial charge in [-0.1, -0.05) is 24.3 Å². The van der Waals surface area contributed by atoms with Gasteiger partial charge in [-0.15, -0.1) is 0 Å². The first-order valence-corrected chi connectivity index (χ1v) is 13.4. The van der Waals surface area contributed by atoms with Gasteiger partial charge in [0.05, 0.1) is 31.1 Å². The number of rotatable bonds is 9. The van der Waals surface area contributed by atoms with Crippen LogP contribution in [-0.2, 0) is 20.9 Å². The maximum absolute atomic E-state index is 15.8. The van der Waals surface area contributed by atoms with E-state index >= 15 is 4.39 Å². The number of anilines is 1. The molecular formula is C28H38FN5O3. The Bertz CT molecular complexity index is 1070. The molecule has 9 heteroatoms. The Hall–Kier alpha value is -2.62. The molecule has 200 valence electrons. The molecule has 0 radical (unpaired) electrons. The van der Waals surface area contributed by atoms with Gasteiger partial charge in [-0.05, 0) is 50.4 Å². The van der Waals surface area contributed by atoms with Crippen molar-refractivity contribution in [1.29, 1.82) is 0 Å².